The van der Waals surface area contributed by atoms with E-state index in [4.69, 9.17) is 16.2 Å². The van der Waals surface area contributed by atoms with Gasteiger partial charge in [0.15, 0.2) is 0 Å². The van der Waals surface area contributed by atoms with E-state index >= 15 is 0 Å². The fourth-order valence-electron chi connectivity index (χ4n) is 3.49. The van der Waals surface area contributed by atoms with Crippen molar-refractivity contribution in [2.24, 2.45) is 22.8 Å². The maximum absolute atomic E-state index is 12.2. The molecule has 0 aromatic heterocycles. The summed E-state index contributed by atoms with van der Waals surface area (Å²) < 4.78 is 5.43. The number of nitrogens with two attached hydrogens (primary N) is 2. The molecular formula is C19H25N3O3. The van der Waals surface area contributed by atoms with Crippen LogP contribution in [0.1, 0.15) is 37.7 Å². The van der Waals surface area contributed by atoms with Crippen LogP contribution >= 0.6 is 0 Å². The summed E-state index contributed by atoms with van der Waals surface area (Å²) in [4.78, 5) is 25.0. The van der Waals surface area contributed by atoms with Crippen LogP contribution in [0.15, 0.2) is 36.5 Å². The van der Waals surface area contributed by atoms with Gasteiger partial charge in [-0.05, 0) is 42.9 Å². The molecule has 2 aliphatic rings. The number of amides is 2. The summed E-state index contributed by atoms with van der Waals surface area (Å²) >= 11 is 0. The van der Waals surface area contributed by atoms with E-state index in [0.29, 0.717) is 43.3 Å². The molecule has 1 saturated heterocycles. The molecule has 6 nitrogen and oxygen atoms in total. The van der Waals surface area contributed by atoms with Gasteiger partial charge in [0.2, 0.25) is 5.91 Å². The fraction of sp³-hybridized carbons (Fsp3) is 0.474. The van der Waals surface area contributed by atoms with Crippen LogP contribution in [0.2, 0.25) is 0 Å². The van der Waals surface area contributed by atoms with Gasteiger partial charge in [0, 0.05) is 30.1 Å². The Morgan fingerprint density at radius 2 is 1.80 bits per heavy atom. The van der Waals surface area contributed by atoms with Crippen LogP contribution < -0.4 is 16.2 Å². The Morgan fingerprint density at radius 3 is 2.28 bits per heavy atom. The van der Waals surface area contributed by atoms with Crippen LogP contribution in [0.5, 0.6) is 5.75 Å². The van der Waals surface area contributed by atoms with E-state index in [0.717, 1.165) is 6.42 Å². The maximum atomic E-state index is 12.2. The first kappa shape index (κ1) is 17.3. The number of likely N-dealkylation sites (tertiary alicyclic amines) is 1. The van der Waals surface area contributed by atoms with Crippen molar-refractivity contribution in [1.82, 2.24) is 4.90 Å². The number of ether oxygens (including phenoxy) is 1. The standard InChI is InChI=1S/C19H25N3O3/c1-12(20)19(2)11-16(19)13-3-5-15(6-4-13)25-18(24)22-9-7-14(8-10-22)17(21)23/h3-6,14,16H,1,7-11,20H2,2H3,(H2,21,23)/t16?,19-/m0/s1. The third-order valence-corrected chi connectivity index (χ3v) is 5.61. The second-order valence-electron chi connectivity index (χ2n) is 7.30. The van der Waals surface area contributed by atoms with Crippen molar-refractivity contribution in [2.45, 2.75) is 32.1 Å². The molecule has 1 saturated carbocycles. The highest BCUT2D eigenvalue weighted by atomic mass is 16.6. The lowest BCUT2D eigenvalue weighted by molar-refractivity contribution is -0.123. The van der Waals surface area contributed by atoms with Crippen LogP contribution in [0.3, 0.4) is 0 Å². The van der Waals surface area contributed by atoms with Crippen LogP contribution in [-0.2, 0) is 4.79 Å². The van der Waals surface area contributed by atoms with Crippen LogP contribution in [-0.4, -0.2) is 30.0 Å². The molecular weight excluding hydrogens is 318 g/mol. The van der Waals surface area contributed by atoms with Crippen molar-refractivity contribution in [2.75, 3.05) is 13.1 Å². The third-order valence-electron chi connectivity index (χ3n) is 5.61. The zero-order chi connectivity index (χ0) is 18.2. The second kappa shape index (κ2) is 6.43. The molecule has 4 N–H and O–H groups in total. The van der Waals surface area contributed by atoms with Gasteiger partial charge in [-0.1, -0.05) is 25.6 Å². The van der Waals surface area contributed by atoms with Crippen LogP contribution in [0.4, 0.5) is 4.79 Å². The summed E-state index contributed by atoms with van der Waals surface area (Å²) in [7, 11) is 0. The molecule has 1 heterocycles. The number of piperidine rings is 1. The molecule has 1 aromatic carbocycles. The number of carbonyl (C=O) groups excluding carboxylic acids is 2. The number of carbonyl (C=O) groups is 2. The Balaban J connectivity index is 1.55. The maximum Gasteiger partial charge on any atom is 0.415 e. The monoisotopic (exact) mass is 343 g/mol. The van der Waals surface area contributed by atoms with Gasteiger partial charge < -0.3 is 21.1 Å². The highest BCUT2D eigenvalue weighted by Crippen LogP contribution is 2.61. The highest BCUT2D eigenvalue weighted by Gasteiger charge is 2.52. The first-order valence-corrected chi connectivity index (χ1v) is 8.62. The summed E-state index contributed by atoms with van der Waals surface area (Å²) in [5.41, 5.74) is 13.0. The number of benzene rings is 1. The van der Waals surface area contributed by atoms with Crippen LogP contribution in [0, 0.1) is 11.3 Å². The van der Waals surface area contributed by atoms with E-state index in [-0.39, 0.29) is 23.3 Å². The summed E-state index contributed by atoms with van der Waals surface area (Å²) in [5, 5.41) is 0. The molecule has 1 unspecified atom stereocenters. The predicted octanol–water partition coefficient (Wildman–Crippen LogP) is 2.35. The van der Waals surface area contributed by atoms with E-state index in [1.807, 2.05) is 12.1 Å². The molecule has 1 aliphatic heterocycles. The van der Waals surface area contributed by atoms with Crippen molar-refractivity contribution in [1.29, 1.82) is 0 Å². The normalized spacial score (nSPS) is 26.1. The molecule has 2 atom stereocenters. The first-order valence-electron chi connectivity index (χ1n) is 8.62. The topological polar surface area (TPSA) is 98.7 Å². The van der Waals surface area contributed by atoms with Gasteiger partial charge in [0.05, 0.1) is 0 Å². The molecule has 1 aromatic rings. The van der Waals surface area contributed by atoms with Crippen molar-refractivity contribution < 1.29 is 14.3 Å². The van der Waals surface area contributed by atoms with Crippen molar-refractivity contribution >= 4 is 12.0 Å². The summed E-state index contributed by atoms with van der Waals surface area (Å²) in [6, 6.07) is 7.56. The van der Waals surface area contributed by atoms with Gasteiger partial charge in [0.1, 0.15) is 5.75 Å². The molecule has 6 heteroatoms. The van der Waals surface area contributed by atoms with E-state index < -0.39 is 0 Å². The minimum atomic E-state index is -0.387. The molecule has 0 bridgehead atoms. The number of nitrogens with zero attached hydrogens (tertiary/aromatic N) is 1. The Morgan fingerprint density at radius 1 is 1.20 bits per heavy atom. The molecule has 3 rings (SSSR count). The predicted molar refractivity (Wildman–Crippen MR) is 94.7 cm³/mol. The lowest BCUT2D eigenvalue weighted by Crippen LogP contribution is -2.42. The lowest BCUT2D eigenvalue weighted by atomic mass is 9.97. The lowest BCUT2D eigenvalue weighted by Gasteiger charge is -2.29. The summed E-state index contributed by atoms with van der Waals surface area (Å²) in [6.45, 7) is 6.96. The van der Waals surface area contributed by atoms with Gasteiger partial charge in [-0.2, -0.15) is 0 Å². The second-order valence-corrected chi connectivity index (χ2v) is 7.30. The average molecular weight is 343 g/mol. The van der Waals surface area contributed by atoms with Gasteiger partial charge in [0.25, 0.3) is 0 Å². The average Bonchev–Trinajstić information content (AvgIpc) is 3.29. The van der Waals surface area contributed by atoms with E-state index in [2.05, 4.69) is 13.5 Å². The van der Waals surface area contributed by atoms with Crippen LogP contribution in [0.25, 0.3) is 0 Å². The molecule has 2 fully saturated rings. The Hall–Kier alpha value is -2.50. The molecule has 0 spiro atoms. The Labute approximate surface area is 147 Å². The van der Waals surface area contributed by atoms with Crippen molar-refractivity contribution in [3.05, 3.63) is 42.1 Å². The minimum Gasteiger partial charge on any atom is -0.410 e. The first-order chi connectivity index (χ1) is 11.8. The van der Waals surface area contributed by atoms with Crippen molar-refractivity contribution in [3.63, 3.8) is 0 Å². The molecule has 0 radical (unpaired) electrons. The molecule has 25 heavy (non-hydrogen) atoms. The van der Waals surface area contributed by atoms with Gasteiger partial charge in [-0.25, -0.2) is 4.79 Å². The Kier molecular flexibility index (Phi) is 4.45. The van der Waals surface area contributed by atoms with Crippen molar-refractivity contribution in [3.8, 4) is 5.75 Å². The van der Waals surface area contributed by atoms with Gasteiger partial charge in [-0.15, -0.1) is 0 Å². The largest absolute Gasteiger partial charge is 0.415 e. The van der Waals surface area contributed by atoms with Gasteiger partial charge >= 0.3 is 6.09 Å². The fourth-order valence-corrected chi connectivity index (χ4v) is 3.49. The van der Waals surface area contributed by atoms with Gasteiger partial charge in [-0.3, -0.25) is 4.79 Å². The number of hydrogen-bond acceptors (Lipinski definition) is 4. The zero-order valence-corrected chi connectivity index (χ0v) is 14.5. The van der Waals surface area contributed by atoms with E-state index in [9.17, 15) is 9.59 Å². The minimum absolute atomic E-state index is 0.0248. The number of allylic oxidation sites excluding steroid dienone is 1. The summed E-state index contributed by atoms with van der Waals surface area (Å²) in [5.74, 6) is 0.451. The molecule has 134 valence electrons. The number of primary amides is 1. The number of hydrogen-bond donors (Lipinski definition) is 2. The van der Waals surface area contributed by atoms with E-state index in [1.165, 1.54) is 5.56 Å². The quantitative estimate of drug-likeness (QED) is 0.876. The number of rotatable bonds is 4. The smallest absolute Gasteiger partial charge is 0.410 e. The summed E-state index contributed by atoms with van der Waals surface area (Å²) in [6.07, 6.45) is 1.79. The molecule has 2 amide bonds. The van der Waals surface area contributed by atoms with E-state index in [1.54, 1.807) is 17.0 Å². The Bertz CT molecular complexity index is 692. The molecule has 1 aliphatic carbocycles. The third kappa shape index (κ3) is 3.48. The highest BCUT2D eigenvalue weighted by molar-refractivity contribution is 5.77. The SMILES string of the molecule is C=C(N)[C@]1(C)CC1c1ccc(OC(=O)N2CCC(C(N)=O)CC2)cc1. The zero-order valence-electron chi connectivity index (χ0n) is 14.5.